The molecule has 0 bridgehead atoms. The topological polar surface area (TPSA) is 34.0 Å². The Balaban J connectivity index is 3.31. The number of nitrogens with one attached hydrogen (secondary N) is 1. The van der Waals surface area contributed by atoms with Crippen LogP contribution in [-0.4, -0.2) is 11.1 Å². The zero-order valence-corrected chi connectivity index (χ0v) is 7.35. The van der Waals surface area contributed by atoms with Gasteiger partial charge in [-0.25, -0.2) is 0 Å². The van der Waals surface area contributed by atoms with Crippen LogP contribution in [0.15, 0.2) is 4.79 Å². The fourth-order valence-corrected chi connectivity index (χ4v) is 1.60. The quantitative estimate of drug-likeness (QED) is 0.741. The number of nitrogens with zero attached hydrogens (tertiary/aromatic N) is 1. The zero-order valence-electron chi connectivity index (χ0n) is 5.02. The molecule has 0 spiro atoms. The van der Waals surface area contributed by atoms with Crippen molar-refractivity contribution in [1.29, 1.82) is 0 Å². The Hall–Kier alpha value is -0.190. The van der Waals surface area contributed by atoms with E-state index in [9.17, 15) is 4.79 Å². The molecule has 6 heteroatoms. The number of hydrogen-bond acceptors (Lipinski definition) is 3. The van der Waals surface area contributed by atoms with Gasteiger partial charge < -0.3 is 5.43 Å². The van der Waals surface area contributed by atoms with Gasteiger partial charge in [0.1, 0.15) is 9.36 Å². The third-order valence-corrected chi connectivity index (χ3v) is 2.77. The molecule has 0 saturated heterocycles. The monoisotopic (exact) mass is 198 g/mol. The molecule has 1 N–H and O–H groups in total. The van der Waals surface area contributed by atoms with Crippen molar-refractivity contribution in [2.24, 2.45) is 0 Å². The van der Waals surface area contributed by atoms with Gasteiger partial charge in [-0.15, -0.1) is 0 Å². The normalized spacial score (nSPS) is 9.90. The van der Waals surface area contributed by atoms with Crippen LogP contribution >= 0.6 is 34.7 Å². The lowest BCUT2D eigenvalue weighted by atomic mass is 10.7. The molecule has 0 fully saturated rings. The van der Waals surface area contributed by atoms with E-state index in [-0.39, 0.29) is 10.6 Å². The molecule has 1 heterocycles. The Kier molecular flexibility index (Phi) is 2.23. The van der Waals surface area contributed by atoms with E-state index in [1.165, 1.54) is 4.07 Å². The molecular formula is C4H4Cl2N2OS. The summed E-state index contributed by atoms with van der Waals surface area (Å²) in [6, 6.07) is 0. The van der Waals surface area contributed by atoms with Gasteiger partial charge in [0.15, 0.2) is 0 Å². The molecule has 1 aromatic heterocycles. The van der Waals surface area contributed by atoms with Crippen molar-refractivity contribution in [2.75, 3.05) is 12.5 Å². The second kappa shape index (κ2) is 2.82. The maximum absolute atomic E-state index is 10.9. The first kappa shape index (κ1) is 7.91. The third kappa shape index (κ3) is 1.14. The molecule has 0 radical (unpaired) electrons. The first-order valence-electron chi connectivity index (χ1n) is 2.42. The highest BCUT2D eigenvalue weighted by Gasteiger charge is 2.08. The molecule has 0 aliphatic rings. The van der Waals surface area contributed by atoms with E-state index in [1.807, 2.05) is 0 Å². The zero-order chi connectivity index (χ0) is 7.72. The predicted octanol–water partition coefficient (Wildman–Crippen LogP) is 1.39. The second-order valence-corrected chi connectivity index (χ2v) is 3.44. The summed E-state index contributed by atoms with van der Waals surface area (Å²) in [5, 5.41) is 0.0704. The predicted molar refractivity (Wildman–Crippen MR) is 43.9 cm³/mol. The van der Waals surface area contributed by atoms with E-state index < -0.39 is 0 Å². The van der Waals surface area contributed by atoms with Crippen LogP contribution in [0.4, 0.5) is 0 Å². The fraction of sp³-hybridized carbons (Fsp3) is 0.250. The largest absolute Gasteiger partial charge is 0.317 e. The summed E-state index contributed by atoms with van der Waals surface area (Å²) in [4.78, 5) is 10.9. The van der Waals surface area contributed by atoms with Gasteiger partial charge in [0.25, 0.3) is 5.56 Å². The molecular weight excluding hydrogens is 195 g/mol. The molecule has 0 aliphatic heterocycles. The van der Waals surface area contributed by atoms with E-state index in [4.69, 9.17) is 23.2 Å². The van der Waals surface area contributed by atoms with Crippen molar-refractivity contribution in [3.8, 4) is 0 Å². The van der Waals surface area contributed by atoms with E-state index in [1.54, 1.807) is 7.05 Å². The second-order valence-electron chi connectivity index (χ2n) is 1.50. The van der Waals surface area contributed by atoms with Crippen molar-refractivity contribution < 1.29 is 0 Å². The molecule has 0 aromatic carbocycles. The summed E-state index contributed by atoms with van der Waals surface area (Å²) in [7, 11) is 1.62. The molecule has 0 unspecified atom stereocenters. The molecule has 3 nitrogen and oxygen atoms in total. The van der Waals surface area contributed by atoms with Crippen molar-refractivity contribution in [3.63, 3.8) is 0 Å². The summed E-state index contributed by atoms with van der Waals surface area (Å²) in [5.41, 5.74) is 2.30. The lowest BCUT2D eigenvalue weighted by Crippen LogP contribution is -2.20. The average molecular weight is 199 g/mol. The van der Waals surface area contributed by atoms with E-state index in [0.29, 0.717) is 4.34 Å². The number of rotatable bonds is 1. The number of hydrogen-bond donors (Lipinski definition) is 1. The number of aromatic nitrogens is 1. The highest BCUT2D eigenvalue weighted by Crippen LogP contribution is 2.21. The molecule has 1 rings (SSSR count). The Bertz CT molecular complexity index is 292. The molecule has 10 heavy (non-hydrogen) atoms. The van der Waals surface area contributed by atoms with Crippen LogP contribution < -0.4 is 11.0 Å². The summed E-state index contributed by atoms with van der Waals surface area (Å²) in [6.07, 6.45) is 0. The van der Waals surface area contributed by atoms with Gasteiger partial charge in [-0.05, 0) is 11.5 Å². The van der Waals surface area contributed by atoms with Gasteiger partial charge in [-0.2, -0.15) is 4.07 Å². The van der Waals surface area contributed by atoms with Crippen LogP contribution in [0.1, 0.15) is 0 Å². The van der Waals surface area contributed by atoms with Crippen molar-refractivity contribution >= 4 is 34.7 Å². The van der Waals surface area contributed by atoms with Crippen LogP contribution in [0.2, 0.25) is 9.36 Å². The summed E-state index contributed by atoms with van der Waals surface area (Å²) < 4.78 is 1.56. The molecule has 56 valence electrons. The third-order valence-electron chi connectivity index (χ3n) is 0.919. The maximum Gasteiger partial charge on any atom is 0.299 e. The molecule has 0 saturated carbocycles. The van der Waals surface area contributed by atoms with Crippen LogP contribution in [0, 0.1) is 0 Å². The number of halogens is 2. The lowest BCUT2D eigenvalue weighted by molar-refractivity contribution is 0.987. The van der Waals surface area contributed by atoms with Crippen molar-refractivity contribution in [3.05, 3.63) is 19.7 Å². The summed E-state index contributed by atoms with van der Waals surface area (Å²) >= 11 is 12.1. The van der Waals surface area contributed by atoms with Gasteiger partial charge >= 0.3 is 0 Å². The van der Waals surface area contributed by atoms with Gasteiger partial charge in [-0.3, -0.25) is 4.79 Å². The van der Waals surface area contributed by atoms with Crippen molar-refractivity contribution in [1.82, 2.24) is 4.07 Å². The average Bonchev–Trinajstić information content (AvgIpc) is 2.17. The Morgan fingerprint density at radius 1 is 1.60 bits per heavy atom. The van der Waals surface area contributed by atoms with Crippen LogP contribution in [-0.2, 0) is 0 Å². The van der Waals surface area contributed by atoms with E-state index in [2.05, 4.69) is 5.43 Å². The smallest absolute Gasteiger partial charge is 0.299 e. The summed E-state index contributed by atoms with van der Waals surface area (Å²) in [5.74, 6) is 0. The van der Waals surface area contributed by atoms with E-state index >= 15 is 0 Å². The highest BCUT2D eigenvalue weighted by atomic mass is 35.5. The molecule has 0 amide bonds. The molecule has 0 atom stereocenters. The minimum Gasteiger partial charge on any atom is -0.317 e. The van der Waals surface area contributed by atoms with Crippen molar-refractivity contribution in [2.45, 2.75) is 0 Å². The molecule has 0 aliphatic carbocycles. The first-order valence-corrected chi connectivity index (χ1v) is 3.95. The van der Waals surface area contributed by atoms with Gasteiger partial charge in [0.05, 0.1) is 0 Å². The highest BCUT2D eigenvalue weighted by molar-refractivity contribution is 7.12. The Morgan fingerprint density at radius 3 is 2.40 bits per heavy atom. The fourth-order valence-electron chi connectivity index (χ4n) is 0.482. The standard InChI is InChI=1S/C4H4Cl2N2OS/c1-7-8-4(9)2(5)3(6)10-8/h7H,1H3. The van der Waals surface area contributed by atoms with Gasteiger partial charge in [0.2, 0.25) is 0 Å². The Morgan fingerprint density at radius 2 is 2.20 bits per heavy atom. The first-order chi connectivity index (χ1) is 4.66. The summed E-state index contributed by atoms with van der Waals surface area (Å²) in [6.45, 7) is 0. The minimum atomic E-state index is -0.306. The van der Waals surface area contributed by atoms with Gasteiger partial charge in [-0.1, -0.05) is 23.2 Å². The van der Waals surface area contributed by atoms with Crippen LogP contribution in [0.5, 0.6) is 0 Å². The molecule has 1 aromatic rings. The van der Waals surface area contributed by atoms with Gasteiger partial charge in [0, 0.05) is 7.05 Å². The minimum absolute atomic E-state index is 0.0704. The maximum atomic E-state index is 10.9. The van der Waals surface area contributed by atoms with E-state index in [0.717, 1.165) is 11.5 Å². The van der Waals surface area contributed by atoms with Crippen LogP contribution in [0.25, 0.3) is 0 Å². The Labute approximate surface area is 71.3 Å². The lowest BCUT2D eigenvalue weighted by Gasteiger charge is -1.92. The SMILES string of the molecule is CNn1sc(Cl)c(Cl)c1=O. The van der Waals surface area contributed by atoms with Crippen LogP contribution in [0.3, 0.4) is 0 Å².